The molecule has 1 spiro atoms. The molecule has 1 aliphatic heterocycles. The van der Waals surface area contributed by atoms with Gasteiger partial charge >= 0.3 is 5.97 Å². The fourth-order valence-electron chi connectivity index (χ4n) is 6.74. The van der Waals surface area contributed by atoms with Gasteiger partial charge in [-0.1, -0.05) is 75.7 Å². The third-order valence-electron chi connectivity index (χ3n) is 9.30. The number of aliphatic carboxylic acids is 1. The lowest BCUT2D eigenvalue weighted by Crippen LogP contribution is -2.51. The first-order chi connectivity index (χ1) is 21.4. The normalized spacial score (nSPS) is 20.6. The summed E-state index contributed by atoms with van der Waals surface area (Å²) in [4.78, 5) is 49.2. The molecule has 5 rings (SSSR count). The smallest absolute Gasteiger partial charge is 0.305 e. The van der Waals surface area contributed by atoms with E-state index in [1.165, 1.54) is 0 Å². The number of amides is 2. The second-order valence-corrected chi connectivity index (χ2v) is 13.5. The van der Waals surface area contributed by atoms with Crippen LogP contribution in [0.3, 0.4) is 0 Å². The SMILES string of the molecule is CC[C@H](c1ccc(C(=O)NCCC(=O)O)cc1)N1C(=O)C(c2ccc(-c3ccnc(Cl)c3)cc2)=NC12CCC(C(C)(C)C)CC2. The highest BCUT2D eigenvalue weighted by Crippen LogP contribution is 2.49. The number of hydrogen-bond donors (Lipinski definition) is 2. The Hall–Kier alpha value is -4.04. The van der Waals surface area contributed by atoms with Crippen molar-refractivity contribution >= 4 is 35.1 Å². The van der Waals surface area contributed by atoms with E-state index in [0.717, 1.165) is 47.9 Å². The molecule has 8 nitrogen and oxygen atoms in total. The maximum Gasteiger partial charge on any atom is 0.305 e. The molecule has 2 aliphatic rings. The van der Waals surface area contributed by atoms with Crippen molar-refractivity contribution in [3.8, 4) is 11.1 Å². The molecule has 2 heterocycles. The molecule has 1 aromatic heterocycles. The molecule has 2 amide bonds. The van der Waals surface area contributed by atoms with Crippen LogP contribution in [0.15, 0.2) is 71.9 Å². The zero-order chi connectivity index (χ0) is 32.4. The Morgan fingerprint density at radius 1 is 1.02 bits per heavy atom. The number of aromatic nitrogens is 1. The van der Waals surface area contributed by atoms with Crippen LogP contribution in [0.5, 0.6) is 0 Å². The van der Waals surface area contributed by atoms with E-state index in [2.05, 4.69) is 38.0 Å². The Balaban J connectivity index is 1.45. The Kier molecular flexibility index (Phi) is 9.44. The molecule has 1 saturated carbocycles. The minimum atomic E-state index is -0.964. The van der Waals surface area contributed by atoms with Crippen molar-refractivity contribution in [2.45, 2.75) is 77.9 Å². The molecular formula is C36H41ClN4O4. The molecule has 0 saturated heterocycles. The van der Waals surface area contributed by atoms with Crippen LogP contribution < -0.4 is 5.32 Å². The van der Waals surface area contributed by atoms with Crippen LogP contribution in [-0.2, 0) is 9.59 Å². The average Bonchev–Trinajstić information content (AvgIpc) is 3.28. The average molecular weight is 629 g/mol. The number of rotatable bonds is 9. The van der Waals surface area contributed by atoms with Crippen LogP contribution in [0, 0.1) is 11.3 Å². The van der Waals surface area contributed by atoms with Gasteiger partial charge in [-0.15, -0.1) is 0 Å². The van der Waals surface area contributed by atoms with Gasteiger partial charge in [-0.05, 0) is 84.4 Å². The van der Waals surface area contributed by atoms with Crippen molar-refractivity contribution in [1.82, 2.24) is 15.2 Å². The summed E-state index contributed by atoms with van der Waals surface area (Å²) in [5.74, 6) is -0.822. The lowest BCUT2D eigenvalue weighted by molar-refractivity contribution is -0.137. The Morgan fingerprint density at radius 2 is 1.67 bits per heavy atom. The molecule has 9 heteroatoms. The van der Waals surface area contributed by atoms with Crippen molar-refractivity contribution in [3.05, 3.63) is 88.7 Å². The molecule has 1 aliphatic carbocycles. The van der Waals surface area contributed by atoms with Crippen LogP contribution in [0.4, 0.5) is 0 Å². The van der Waals surface area contributed by atoms with Gasteiger partial charge in [-0.25, -0.2) is 4.98 Å². The van der Waals surface area contributed by atoms with Gasteiger partial charge in [0, 0.05) is 23.9 Å². The van der Waals surface area contributed by atoms with Gasteiger partial charge in [-0.3, -0.25) is 19.4 Å². The Labute approximate surface area is 269 Å². The standard InChI is InChI=1S/C36H41ClN4O4/c1-5-29(24-8-12-26(13-9-24)33(44)39-21-17-31(42)43)41-34(45)32(40-36(41)18-14-28(15-19-36)35(2,3)4)25-10-6-23(7-11-25)27-16-20-38-30(37)22-27/h6-13,16,20,22,28-29H,5,14-15,17-19,21H2,1-4H3,(H,39,44)(H,42,43)/t28?,29-,36?/m1/s1. The van der Waals surface area contributed by atoms with Gasteiger partial charge in [0.05, 0.1) is 12.5 Å². The first-order valence-electron chi connectivity index (χ1n) is 15.7. The molecule has 45 heavy (non-hydrogen) atoms. The van der Waals surface area contributed by atoms with E-state index in [0.29, 0.717) is 28.8 Å². The van der Waals surface area contributed by atoms with E-state index in [1.54, 1.807) is 18.3 Å². The number of carbonyl (C=O) groups is 3. The molecule has 0 radical (unpaired) electrons. The van der Waals surface area contributed by atoms with Gasteiger partial charge in [-0.2, -0.15) is 0 Å². The van der Waals surface area contributed by atoms with E-state index in [4.69, 9.17) is 21.7 Å². The van der Waals surface area contributed by atoms with Crippen molar-refractivity contribution in [3.63, 3.8) is 0 Å². The zero-order valence-corrected chi connectivity index (χ0v) is 27.1. The summed E-state index contributed by atoms with van der Waals surface area (Å²) in [7, 11) is 0. The number of nitrogens with one attached hydrogen (secondary N) is 1. The summed E-state index contributed by atoms with van der Waals surface area (Å²) in [6, 6.07) is 18.6. The molecule has 3 aromatic rings. The van der Waals surface area contributed by atoms with Gasteiger partial charge in [0.25, 0.3) is 11.8 Å². The summed E-state index contributed by atoms with van der Waals surface area (Å²) in [5.41, 5.74) is 4.11. The largest absolute Gasteiger partial charge is 0.481 e. The molecule has 1 fully saturated rings. The van der Waals surface area contributed by atoms with Crippen molar-refractivity contribution in [1.29, 1.82) is 0 Å². The number of nitrogens with zero attached hydrogens (tertiary/aromatic N) is 3. The van der Waals surface area contributed by atoms with Gasteiger partial charge < -0.3 is 15.3 Å². The monoisotopic (exact) mass is 628 g/mol. The summed E-state index contributed by atoms with van der Waals surface area (Å²) in [5, 5.41) is 11.9. The van der Waals surface area contributed by atoms with Crippen molar-refractivity contribution < 1.29 is 19.5 Å². The third-order valence-corrected chi connectivity index (χ3v) is 9.51. The minimum absolute atomic E-state index is 0.0608. The minimum Gasteiger partial charge on any atom is -0.481 e. The number of pyridine rings is 1. The quantitative estimate of drug-likeness (QED) is 0.241. The lowest BCUT2D eigenvalue weighted by atomic mass is 9.69. The number of benzene rings is 2. The van der Waals surface area contributed by atoms with E-state index in [-0.39, 0.29) is 36.2 Å². The third kappa shape index (κ3) is 6.96. The van der Waals surface area contributed by atoms with Crippen LogP contribution in [-0.4, -0.2) is 50.7 Å². The Bertz CT molecular complexity index is 1590. The lowest BCUT2D eigenvalue weighted by Gasteiger charge is -2.47. The second kappa shape index (κ2) is 13.1. The number of halogens is 1. The molecule has 1 atom stereocenters. The van der Waals surface area contributed by atoms with E-state index in [1.807, 2.05) is 53.4 Å². The van der Waals surface area contributed by atoms with Crippen LogP contribution in [0.1, 0.15) is 93.7 Å². The fourth-order valence-corrected chi connectivity index (χ4v) is 6.92. The predicted molar refractivity (Wildman–Crippen MR) is 176 cm³/mol. The first kappa shape index (κ1) is 32.4. The molecule has 2 N–H and O–H groups in total. The van der Waals surface area contributed by atoms with Crippen LogP contribution in [0.25, 0.3) is 11.1 Å². The fraction of sp³-hybridized carbons (Fsp3) is 0.417. The number of carbonyl (C=O) groups excluding carboxylic acids is 2. The first-order valence-corrected chi connectivity index (χ1v) is 16.1. The number of hydrogen-bond acceptors (Lipinski definition) is 5. The highest BCUT2D eigenvalue weighted by Gasteiger charge is 2.52. The van der Waals surface area contributed by atoms with Gasteiger partial charge in [0.1, 0.15) is 16.5 Å². The zero-order valence-electron chi connectivity index (χ0n) is 26.3. The maximum atomic E-state index is 14.4. The number of carboxylic acid groups (broad SMARTS) is 1. The van der Waals surface area contributed by atoms with Gasteiger partial charge in [0.2, 0.25) is 0 Å². The topological polar surface area (TPSA) is 112 Å². The highest BCUT2D eigenvalue weighted by atomic mass is 35.5. The van der Waals surface area contributed by atoms with Crippen LogP contribution in [0.2, 0.25) is 5.15 Å². The molecule has 2 aromatic carbocycles. The highest BCUT2D eigenvalue weighted by molar-refractivity contribution is 6.46. The molecule has 0 bridgehead atoms. The van der Waals surface area contributed by atoms with Gasteiger partial charge in [0.15, 0.2) is 0 Å². The van der Waals surface area contributed by atoms with E-state index in [9.17, 15) is 14.4 Å². The molecular weight excluding hydrogens is 588 g/mol. The van der Waals surface area contributed by atoms with Crippen molar-refractivity contribution in [2.24, 2.45) is 16.3 Å². The predicted octanol–water partition coefficient (Wildman–Crippen LogP) is 7.32. The molecule has 236 valence electrons. The van der Waals surface area contributed by atoms with E-state index < -0.39 is 11.6 Å². The molecule has 0 unspecified atom stereocenters. The summed E-state index contributed by atoms with van der Waals surface area (Å²) >= 11 is 6.11. The summed E-state index contributed by atoms with van der Waals surface area (Å²) in [6.07, 6.45) is 5.77. The van der Waals surface area contributed by atoms with E-state index >= 15 is 0 Å². The summed E-state index contributed by atoms with van der Waals surface area (Å²) in [6.45, 7) is 8.99. The Morgan fingerprint density at radius 3 is 2.24 bits per heavy atom. The number of aliphatic imine (C=N–C) groups is 1. The van der Waals surface area contributed by atoms with Crippen molar-refractivity contribution in [2.75, 3.05) is 6.54 Å². The second-order valence-electron chi connectivity index (χ2n) is 13.1. The summed E-state index contributed by atoms with van der Waals surface area (Å²) < 4.78 is 0. The number of carboxylic acids is 1. The van der Waals surface area contributed by atoms with Crippen LogP contribution >= 0.6 is 11.6 Å². The maximum absolute atomic E-state index is 14.4.